The minimum absolute atomic E-state index is 0.0699. The van der Waals surface area contributed by atoms with Crippen molar-refractivity contribution in [3.8, 4) is 0 Å². The minimum Gasteiger partial charge on any atom is -0.393 e. The second-order valence-corrected chi connectivity index (χ2v) is 6.31. The van der Waals surface area contributed by atoms with Crippen LogP contribution in [-0.4, -0.2) is 27.7 Å². The van der Waals surface area contributed by atoms with Crippen molar-refractivity contribution in [2.45, 2.75) is 38.3 Å². The summed E-state index contributed by atoms with van der Waals surface area (Å²) in [5, 5.41) is 15.1. The van der Waals surface area contributed by atoms with Crippen LogP contribution in [0, 0.1) is 5.92 Å². The second kappa shape index (κ2) is 6.03. The molecule has 1 aliphatic carbocycles. The van der Waals surface area contributed by atoms with Crippen molar-refractivity contribution in [3.05, 3.63) is 27.6 Å². The average molecular weight is 293 g/mol. The molecule has 2 aromatic heterocycles. The largest absolute Gasteiger partial charge is 0.393 e. The molecule has 1 fully saturated rings. The molecule has 108 valence electrons. The maximum absolute atomic E-state index is 11.8. The fourth-order valence-corrected chi connectivity index (χ4v) is 3.53. The Balaban J connectivity index is 1.60. The summed E-state index contributed by atoms with van der Waals surface area (Å²) in [6.45, 7) is 1.30. The molecule has 2 atom stereocenters. The van der Waals surface area contributed by atoms with Gasteiger partial charge in [0.1, 0.15) is 10.5 Å². The van der Waals surface area contributed by atoms with E-state index in [1.54, 1.807) is 0 Å². The molecule has 0 saturated heterocycles. The molecule has 3 N–H and O–H groups in total. The first-order valence-corrected chi connectivity index (χ1v) is 7.97. The van der Waals surface area contributed by atoms with Gasteiger partial charge in [0.05, 0.1) is 18.2 Å². The van der Waals surface area contributed by atoms with Gasteiger partial charge in [-0.15, -0.1) is 11.3 Å². The van der Waals surface area contributed by atoms with E-state index in [2.05, 4.69) is 15.3 Å². The monoisotopic (exact) mass is 293 g/mol. The first kappa shape index (κ1) is 13.7. The van der Waals surface area contributed by atoms with Gasteiger partial charge in [-0.25, -0.2) is 4.98 Å². The van der Waals surface area contributed by atoms with E-state index in [1.165, 1.54) is 17.8 Å². The van der Waals surface area contributed by atoms with Crippen molar-refractivity contribution < 1.29 is 5.11 Å². The molecule has 2 heterocycles. The molecular formula is C14H19N3O2S. The highest BCUT2D eigenvalue weighted by atomic mass is 32.1. The van der Waals surface area contributed by atoms with Crippen molar-refractivity contribution >= 4 is 21.6 Å². The van der Waals surface area contributed by atoms with E-state index in [9.17, 15) is 9.90 Å². The molecule has 0 bridgehead atoms. The number of thiophene rings is 1. The number of rotatable bonds is 4. The zero-order valence-corrected chi connectivity index (χ0v) is 12.1. The first-order valence-electron chi connectivity index (χ1n) is 7.09. The van der Waals surface area contributed by atoms with Gasteiger partial charge in [-0.05, 0) is 30.2 Å². The Morgan fingerprint density at radius 3 is 3.15 bits per heavy atom. The molecule has 6 heteroatoms. The van der Waals surface area contributed by atoms with Gasteiger partial charge in [-0.2, -0.15) is 0 Å². The van der Waals surface area contributed by atoms with E-state index >= 15 is 0 Å². The van der Waals surface area contributed by atoms with Gasteiger partial charge in [-0.1, -0.05) is 12.8 Å². The zero-order valence-electron chi connectivity index (χ0n) is 11.3. The van der Waals surface area contributed by atoms with E-state index in [-0.39, 0.29) is 11.7 Å². The van der Waals surface area contributed by atoms with Crippen LogP contribution in [0.1, 0.15) is 31.5 Å². The molecular weight excluding hydrogens is 274 g/mol. The lowest BCUT2D eigenvalue weighted by molar-refractivity contribution is 0.0694. The Hall–Kier alpha value is -1.24. The van der Waals surface area contributed by atoms with Crippen molar-refractivity contribution in [2.24, 2.45) is 5.92 Å². The number of hydrogen-bond acceptors (Lipinski definition) is 5. The Kier molecular flexibility index (Phi) is 4.14. The number of hydrogen-bond donors (Lipinski definition) is 3. The molecule has 2 unspecified atom stereocenters. The number of nitrogens with one attached hydrogen (secondary N) is 2. The first-order chi connectivity index (χ1) is 9.74. The van der Waals surface area contributed by atoms with Crippen molar-refractivity contribution in [2.75, 3.05) is 6.54 Å². The minimum atomic E-state index is -0.192. The molecule has 0 spiro atoms. The van der Waals surface area contributed by atoms with Crippen molar-refractivity contribution in [1.82, 2.24) is 15.3 Å². The number of fused-ring (bicyclic) bond motifs is 1. The van der Waals surface area contributed by atoms with Gasteiger partial charge in [0.25, 0.3) is 5.56 Å². The third-order valence-corrected chi connectivity index (χ3v) is 4.83. The summed E-state index contributed by atoms with van der Waals surface area (Å²) in [4.78, 5) is 19.1. The lowest BCUT2D eigenvalue weighted by atomic mass is 9.86. The predicted octanol–water partition coefficient (Wildman–Crippen LogP) is 1.63. The summed E-state index contributed by atoms with van der Waals surface area (Å²) in [5.41, 5.74) is 0.688. The molecule has 3 rings (SSSR count). The summed E-state index contributed by atoms with van der Waals surface area (Å²) < 4.78 is 0.677. The second-order valence-electron chi connectivity index (χ2n) is 5.39. The lowest BCUT2D eigenvalue weighted by Gasteiger charge is -2.27. The third-order valence-electron chi connectivity index (χ3n) is 3.93. The van der Waals surface area contributed by atoms with Crippen molar-refractivity contribution in [1.29, 1.82) is 0 Å². The Morgan fingerprint density at radius 2 is 2.30 bits per heavy atom. The van der Waals surface area contributed by atoms with Crippen LogP contribution >= 0.6 is 11.3 Å². The van der Waals surface area contributed by atoms with Gasteiger partial charge < -0.3 is 15.4 Å². The van der Waals surface area contributed by atoms with Crippen LogP contribution in [0.2, 0.25) is 0 Å². The highest BCUT2D eigenvalue weighted by Crippen LogP contribution is 2.23. The standard InChI is InChI=1S/C14H19N3O2S/c18-11-4-2-1-3-9(11)7-15-8-12-16-10-5-6-20-13(10)14(19)17-12/h5-6,9,11,15,18H,1-4,7-8H2,(H,16,17,19). The maximum atomic E-state index is 11.8. The molecule has 20 heavy (non-hydrogen) atoms. The van der Waals surface area contributed by atoms with E-state index in [1.807, 2.05) is 11.4 Å². The Labute approximate surface area is 121 Å². The van der Waals surface area contributed by atoms with Gasteiger partial charge in [0, 0.05) is 6.54 Å². The summed E-state index contributed by atoms with van der Waals surface area (Å²) in [7, 11) is 0. The summed E-state index contributed by atoms with van der Waals surface area (Å²) in [6.07, 6.45) is 4.10. The Morgan fingerprint density at radius 1 is 1.45 bits per heavy atom. The summed E-state index contributed by atoms with van der Waals surface area (Å²) in [6, 6.07) is 1.86. The topological polar surface area (TPSA) is 78.0 Å². The smallest absolute Gasteiger partial charge is 0.268 e. The van der Waals surface area contributed by atoms with E-state index in [0.717, 1.165) is 31.3 Å². The zero-order chi connectivity index (χ0) is 13.9. The van der Waals surface area contributed by atoms with E-state index in [4.69, 9.17) is 0 Å². The van der Waals surface area contributed by atoms with Crippen LogP contribution in [0.15, 0.2) is 16.2 Å². The van der Waals surface area contributed by atoms with Crippen molar-refractivity contribution in [3.63, 3.8) is 0 Å². The van der Waals surface area contributed by atoms with Crippen LogP contribution in [0.25, 0.3) is 10.2 Å². The number of aliphatic hydroxyl groups is 1. The molecule has 1 saturated carbocycles. The molecule has 0 aromatic carbocycles. The van der Waals surface area contributed by atoms with Crippen LogP contribution < -0.4 is 10.9 Å². The predicted molar refractivity (Wildman–Crippen MR) is 79.9 cm³/mol. The number of aromatic amines is 1. The van der Waals surface area contributed by atoms with Gasteiger partial charge in [0.2, 0.25) is 0 Å². The number of nitrogens with zero attached hydrogens (tertiary/aromatic N) is 1. The average Bonchev–Trinajstić information content (AvgIpc) is 2.90. The quantitative estimate of drug-likeness (QED) is 0.800. The number of aromatic nitrogens is 2. The molecule has 0 amide bonds. The van der Waals surface area contributed by atoms with Gasteiger partial charge in [-0.3, -0.25) is 4.79 Å². The Bertz CT molecular complexity index is 637. The number of H-pyrrole nitrogens is 1. The third kappa shape index (κ3) is 2.92. The van der Waals surface area contributed by atoms with Crippen LogP contribution in [0.3, 0.4) is 0 Å². The fourth-order valence-electron chi connectivity index (χ4n) is 2.81. The molecule has 1 aliphatic rings. The van der Waals surface area contributed by atoms with Crippen LogP contribution in [0.5, 0.6) is 0 Å². The lowest BCUT2D eigenvalue weighted by Crippen LogP contribution is -2.34. The molecule has 0 aliphatic heterocycles. The summed E-state index contributed by atoms with van der Waals surface area (Å²) >= 11 is 1.41. The highest BCUT2D eigenvalue weighted by Gasteiger charge is 2.22. The van der Waals surface area contributed by atoms with E-state index < -0.39 is 0 Å². The SMILES string of the molecule is O=c1[nH]c(CNCC2CCCCC2O)nc2ccsc12. The van der Waals surface area contributed by atoms with Gasteiger partial charge in [0.15, 0.2) is 0 Å². The van der Waals surface area contributed by atoms with Crippen LogP contribution in [0.4, 0.5) is 0 Å². The maximum Gasteiger partial charge on any atom is 0.268 e. The fraction of sp³-hybridized carbons (Fsp3) is 0.571. The van der Waals surface area contributed by atoms with E-state index in [0.29, 0.717) is 23.0 Å². The molecule has 0 radical (unpaired) electrons. The number of aliphatic hydroxyl groups excluding tert-OH is 1. The van der Waals surface area contributed by atoms with Crippen LogP contribution in [-0.2, 0) is 6.54 Å². The molecule has 5 nitrogen and oxygen atoms in total. The van der Waals surface area contributed by atoms with Gasteiger partial charge >= 0.3 is 0 Å². The molecule has 2 aromatic rings. The highest BCUT2D eigenvalue weighted by molar-refractivity contribution is 7.17. The normalized spacial score (nSPS) is 23.2. The summed E-state index contributed by atoms with van der Waals surface area (Å²) in [5.74, 6) is 0.978.